The quantitative estimate of drug-likeness (QED) is 0.755. The molecule has 1 aliphatic carbocycles. The van der Waals surface area contributed by atoms with E-state index >= 15 is 0 Å². The van der Waals surface area contributed by atoms with Crippen molar-refractivity contribution in [3.63, 3.8) is 0 Å². The molecule has 0 saturated carbocycles. The Kier molecular flexibility index (Phi) is 4.46. The Morgan fingerprint density at radius 3 is 2.89 bits per heavy atom. The van der Waals surface area contributed by atoms with Crippen molar-refractivity contribution in [1.29, 1.82) is 0 Å². The van der Waals surface area contributed by atoms with Gasteiger partial charge in [0.25, 0.3) is 0 Å². The zero-order valence-electron chi connectivity index (χ0n) is 10.4. The van der Waals surface area contributed by atoms with Crippen molar-refractivity contribution < 1.29 is 13.8 Å². The van der Waals surface area contributed by atoms with E-state index in [2.05, 4.69) is 5.32 Å². The van der Waals surface area contributed by atoms with Gasteiger partial charge in [-0.2, -0.15) is 0 Å². The first kappa shape index (κ1) is 14.3. The van der Waals surface area contributed by atoms with Gasteiger partial charge in [0.2, 0.25) is 5.91 Å². The second-order valence-electron chi connectivity index (χ2n) is 4.51. The van der Waals surface area contributed by atoms with Crippen LogP contribution < -0.4 is 11.1 Å². The molecule has 2 aliphatic rings. The SMILES string of the molecule is NC(=O)C1CCCCC2=C1NC(=O)N(CCCl)S2=O. The Morgan fingerprint density at radius 2 is 2.26 bits per heavy atom. The molecule has 1 heterocycles. The first-order chi connectivity index (χ1) is 9.06. The summed E-state index contributed by atoms with van der Waals surface area (Å²) in [4.78, 5) is 24.0. The molecule has 0 fully saturated rings. The van der Waals surface area contributed by atoms with E-state index in [0.717, 1.165) is 12.8 Å². The highest BCUT2D eigenvalue weighted by molar-refractivity contribution is 7.87. The number of allylic oxidation sites excluding steroid dienone is 1. The lowest BCUT2D eigenvalue weighted by Crippen LogP contribution is -2.49. The summed E-state index contributed by atoms with van der Waals surface area (Å²) in [5.74, 6) is -0.831. The van der Waals surface area contributed by atoms with Crippen LogP contribution in [-0.4, -0.2) is 32.9 Å². The van der Waals surface area contributed by atoms with Crippen molar-refractivity contribution in [1.82, 2.24) is 9.62 Å². The molecule has 0 aromatic rings. The van der Waals surface area contributed by atoms with E-state index < -0.39 is 28.8 Å². The first-order valence-electron chi connectivity index (χ1n) is 6.15. The van der Waals surface area contributed by atoms with Gasteiger partial charge in [-0.25, -0.2) is 13.3 Å². The van der Waals surface area contributed by atoms with Crippen molar-refractivity contribution in [2.45, 2.75) is 25.7 Å². The third-order valence-corrected chi connectivity index (χ3v) is 5.07. The highest BCUT2D eigenvalue weighted by Gasteiger charge is 2.37. The number of hydrogen-bond donors (Lipinski definition) is 2. The van der Waals surface area contributed by atoms with E-state index in [1.165, 1.54) is 4.31 Å². The van der Waals surface area contributed by atoms with Crippen LogP contribution in [0.4, 0.5) is 4.79 Å². The van der Waals surface area contributed by atoms with Crippen molar-refractivity contribution in [2.24, 2.45) is 11.7 Å². The highest BCUT2D eigenvalue weighted by atomic mass is 35.5. The summed E-state index contributed by atoms with van der Waals surface area (Å²) in [6.45, 7) is 0.206. The first-order valence-corrected chi connectivity index (χ1v) is 7.79. The lowest BCUT2D eigenvalue weighted by molar-refractivity contribution is -0.121. The molecule has 3 amide bonds. The predicted octanol–water partition coefficient (Wildman–Crippen LogP) is 0.801. The summed E-state index contributed by atoms with van der Waals surface area (Å²) >= 11 is 5.61. The monoisotopic (exact) mass is 305 g/mol. The van der Waals surface area contributed by atoms with Crippen LogP contribution in [0.3, 0.4) is 0 Å². The van der Waals surface area contributed by atoms with E-state index in [4.69, 9.17) is 17.3 Å². The largest absolute Gasteiger partial charge is 0.369 e. The molecule has 0 aromatic heterocycles. The van der Waals surface area contributed by atoms with Gasteiger partial charge in [0.1, 0.15) is 0 Å². The molecular formula is C11H16ClN3O3S. The van der Waals surface area contributed by atoms with E-state index in [1.807, 2.05) is 0 Å². The number of amides is 3. The summed E-state index contributed by atoms with van der Waals surface area (Å²) in [5.41, 5.74) is 5.81. The maximum atomic E-state index is 12.4. The molecule has 0 aromatic carbocycles. The Bertz CT molecular complexity index is 466. The van der Waals surface area contributed by atoms with E-state index in [9.17, 15) is 13.8 Å². The van der Waals surface area contributed by atoms with Crippen molar-refractivity contribution in [3.8, 4) is 0 Å². The van der Waals surface area contributed by atoms with Crippen LogP contribution in [0.5, 0.6) is 0 Å². The second-order valence-corrected chi connectivity index (χ2v) is 6.32. The average molecular weight is 306 g/mol. The number of primary amides is 1. The number of carbonyl (C=O) groups excluding carboxylic acids is 2. The summed E-state index contributed by atoms with van der Waals surface area (Å²) in [6.07, 6.45) is 2.84. The topological polar surface area (TPSA) is 92.5 Å². The van der Waals surface area contributed by atoms with Gasteiger partial charge in [-0.15, -0.1) is 11.6 Å². The lowest BCUT2D eigenvalue weighted by Gasteiger charge is -2.31. The van der Waals surface area contributed by atoms with E-state index in [0.29, 0.717) is 23.4 Å². The van der Waals surface area contributed by atoms with Gasteiger partial charge in [-0.05, 0) is 19.3 Å². The minimum Gasteiger partial charge on any atom is -0.369 e. The number of nitrogens with one attached hydrogen (secondary N) is 1. The standard InChI is InChI=1S/C11H16ClN3O3S/c12-5-6-15-11(17)14-9-7(10(13)16)3-1-2-4-8(9)19(15)18/h7H,1-6H2,(H2,13,16)(H,14,17). The smallest absolute Gasteiger partial charge is 0.333 e. The van der Waals surface area contributed by atoms with Gasteiger partial charge in [0, 0.05) is 11.6 Å². The van der Waals surface area contributed by atoms with Crippen molar-refractivity contribution >= 4 is 34.5 Å². The van der Waals surface area contributed by atoms with Gasteiger partial charge >= 0.3 is 6.03 Å². The number of halogens is 1. The van der Waals surface area contributed by atoms with E-state index in [-0.39, 0.29) is 12.4 Å². The second kappa shape index (κ2) is 5.92. The van der Waals surface area contributed by atoms with Crippen molar-refractivity contribution in [3.05, 3.63) is 10.6 Å². The van der Waals surface area contributed by atoms with E-state index in [1.54, 1.807) is 0 Å². The number of nitrogens with zero attached hydrogens (tertiary/aromatic N) is 1. The zero-order valence-corrected chi connectivity index (χ0v) is 11.9. The van der Waals surface area contributed by atoms with Gasteiger partial charge in [-0.3, -0.25) is 4.79 Å². The maximum Gasteiger partial charge on any atom is 0.333 e. The Balaban J connectivity index is 2.38. The molecule has 106 valence electrons. The van der Waals surface area contributed by atoms with Crippen LogP contribution >= 0.6 is 11.6 Å². The fraction of sp³-hybridized carbons (Fsp3) is 0.636. The fourth-order valence-electron chi connectivity index (χ4n) is 2.38. The Labute approximate surface area is 118 Å². The third kappa shape index (κ3) is 2.76. The van der Waals surface area contributed by atoms with Crippen LogP contribution in [0.25, 0.3) is 0 Å². The molecule has 8 heteroatoms. The molecule has 0 spiro atoms. The molecule has 6 nitrogen and oxygen atoms in total. The van der Waals surface area contributed by atoms with Crippen LogP contribution in [0.2, 0.25) is 0 Å². The predicted molar refractivity (Wildman–Crippen MR) is 72.3 cm³/mol. The number of urea groups is 1. The van der Waals surface area contributed by atoms with Crippen LogP contribution in [0.1, 0.15) is 25.7 Å². The minimum atomic E-state index is -1.56. The Morgan fingerprint density at radius 1 is 1.53 bits per heavy atom. The molecule has 19 heavy (non-hydrogen) atoms. The molecule has 2 unspecified atom stereocenters. The molecule has 0 bridgehead atoms. The minimum absolute atomic E-state index is 0.206. The normalized spacial score (nSPS) is 27.6. The summed E-state index contributed by atoms with van der Waals surface area (Å²) < 4.78 is 13.6. The number of alkyl halides is 1. The molecule has 2 atom stereocenters. The summed E-state index contributed by atoms with van der Waals surface area (Å²) in [7, 11) is -1.56. The molecule has 0 radical (unpaired) electrons. The highest BCUT2D eigenvalue weighted by Crippen LogP contribution is 2.32. The number of carbonyl (C=O) groups is 2. The van der Waals surface area contributed by atoms with Crippen LogP contribution in [0, 0.1) is 5.92 Å². The molecule has 3 N–H and O–H groups in total. The fourth-order valence-corrected chi connectivity index (χ4v) is 4.07. The summed E-state index contributed by atoms with van der Waals surface area (Å²) in [6, 6.07) is -0.481. The Hall–Kier alpha value is -1.08. The molecule has 0 saturated heterocycles. The molecule has 2 rings (SSSR count). The number of hydrogen-bond acceptors (Lipinski definition) is 3. The maximum absolute atomic E-state index is 12.4. The zero-order chi connectivity index (χ0) is 14.0. The average Bonchev–Trinajstić information content (AvgIpc) is 2.57. The van der Waals surface area contributed by atoms with Gasteiger partial charge in [-0.1, -0.05) is 6.42 Å². The lowest BCUT2D eigenvalue weighted by atomic mass is 10.00. The van der Waals surface area contributed by atoms with Crippen molar-refractivity contribution in [2.75, 3.05) is 12.4 Å². The van der Waals surface area contributed by atoms with Gasteiger partial charge < -0.3 is 11.1 Å². The van der Waals surface area contributed by atoms with Crippen LogP contribution in [0.15, 0.2) is 10.6 Å². The summed E-state index contributed by atoms with van der Waals surface area (Å²) in [5, 5.41) is 2.67. The third-order valence-electron chi connectivity index (χ3n) is 3.31. The number of rotatable bonds is 3. The number of nitrogens with two attached hydrogens (primary N) is 1. The van der Waals surface area contributed by atoms with Crippen LogP contribution in [-0.2, 0) is 15.8 Å². The molecule has 1 aliphatic heterocycles. The van der Waals surface area contributed by atoms with Gasteiger partial charge in [0.15, 0.2) is 11.0 Å². The van der Waals surface area contributed by atoms with Gasteiger partial charge in [0.05, 0.1) is 17.4 Å². The molecular weight excluding hydrogens is 290 g/mol.